The molecule has 18 heavy (non-hydrogen) atoms. The highest BCUT2D eigenvalue weighted by Crippen LogP contribution is 2.16. The van der Waals surface area contributed by atoms with Gasteiger partial charge in [-0.05, 0) is 12.1 Å². The summed E-state index contributed by atoms with van der Waals surface area (Å²) in [5, 5.41) is 21.3. The van der Waals surface area contributed by atoms with Crippen LogP contribution in [-0.4, -0.2) is 54.5 Å². The molecule has 7 nitrogen and oxygen atoms in total. The van der Waals surface area contributed by atoms with Crippen LogP contribution in [0.4, 0.5) is 5.69 Å². The third-order valence-corrected chi connectivity index (χ3v) is 2.39. The normalized spacial score (nSPS) is 13.4. The molecule has 0 aliphatic heterocycles. The molecule has 0 saturated carbocycles. The van der Waals surface area contributed by atoms with E-state index in [0.717, 1.165) is 0 Å². The SMILES string of the molecule is COCC(O)CN(C)c1cccnc1/C(N)=N/O. The van der Waals surface area contributed by atoms with Crippen molar-refractivity contribution in [2.75, 3.05) is 32.2 Å². The average molecular weight is 254 g/mol. The lowest BCUT2D eigenvalue weighted by molar-refractivity contribution is 0.0695. The fourth-order valence-electron chi connectivity index (χ4n) is 1.61. The Balaban J connectivity index is 2.88. The number of hydrogen-bond acceptors (Lipinski definition) is 6. The van der Waals surface area contributed by atoms with Crippen molar-refractivity contribution in [3.05, 3.63) is 24.0 Å². The van der Waals surface area contributed by atoms with Crippen LogP contribution in [0.5, 0.6) is 0 Å². The third kappa shape index (κ3) is 3.57. The molecular formula is C11H18N4O3. The molecule has 1 aromatic heterocycles. The zero-order valence-electron chi connectivity index (χ0n) is 10.4. The molecule has 0 aliphatic rings. The Hall–Kier alpha value is -1.86. The van der Waals surface area contributed by atoms with Gasteiger partial charge in [0.1, 0.15) is 5.69 Å². The number of aromatic nitrogens is 1. The maximum absolute atomic E-state index is 9.67. The highest BCUT2D eigenvalue weighted by molar-refractivity contribution is 6.00. The van der Waals surface area contributed by atoms with E-state index in [0.29, 0.717) is 17.9 Å². The predicted molar refractivity (Wildman–Crippen MR) is 67.9 cm³/mol. The summed E-state index contributed by atoms with van der Waals surface area (Å²) in [4.78, 5) is 5.82. The van der Waals surface area contributed by atoms with Crippen molar-refractivity contribution in [1.29, 1.82) is 0 Å². The zero-order chi connectivity index (χ0) is 13.5. The Labute approximate surface area is 105 Å². The Bertz CT molecular complexity index is 411. The second-order valence-corrected chi connectivity index (χ2v) is 3.85. The predicted octanol–water partition coefficient (Wildman–Crippen LogP) is -0.380. The van der Waals surface area contributed by atoms with Crippen LogP contribution in [0.15, 0.2) is 23.5 Å². The van der Waals surface area contributed by atoms with E-state index in [9.17, 15) is 5.11 Å². The number of rotatable bonds is 6. The van der Waals surface area contributed by atoms with Gasteiger partial charge in [-0.25, -0.2) is 0 Å². The molecule has 0 aliphatic carbocycles. The largest absolute Gasteiger partial charge is 0.409 e. The first-order valence-corrected chi connectivity index (χ1v) is 5.41. The molecule has 0 aromatic carbocycles. The minimum atomic E-state index is -0.625. The lowest BCUT2D eigenvalue weighted by atomic mass is 10.2. The van der Waals surface area contributed by atoms with Crippen LogP contribution >= 0.6 is 0 Å². The summed E-state index contributed by atoms with van der Waals surface area (Å²) >= 11 is 0. The molecule has 0 radical (unpaired) electrons. The van der Waals surface area contributed by atoms with Crippen LogP contribution < -0.4 is 10.6 Å². The number of hydrogen-bond donors (Lipinski definition) is 3. The van der Waals surface area contributed by atoms with E-state index in [4.69, 9.17) is 15.7 Å². The van der Waals surface area contributed by atoms with Gasteiger partial charge >= 0.3 is 0 Å². The standard InChI is InChI=1S/C11H18N4O3/c1-15(6-8(16)7-18-2)9-4-3-5-13-10(9)11(12)14-17/h3-5,8,16-17H,6-7H2,1-2H3,(H2,12,14). The van der Waals surface area contributed by atoms with E-state index < -0.39 is 6.10 Å². The molecule has 1 aromatic rings. The third-order valence-electron chi connectivity index (χ3n) is 2.39. The Morgan fingerprint density at radius 1 is 1.67 bits per heavy atom. The van der Waals surface area contributed by atoms with Gasteiger partial charge in [0.25, 0.3) is 0 Å². The van der Waals surface area contributed by atoms with Crippen molar-refractivity contribution in [3.63, 3.8) is 0 Å². The number of nitrogens with zero attached hydrogens (tertiary/aromatic N) is 3. The van der Waals surface area contributed by atoms with Gasteiger partial charge in [-0.1, -0.05) is 5.16 Å². The van der Waals surface area contributed by atoms with Crippen molar-refractivity contribution >= 4 is 11.5 Å². The van der Waals surface area contributed by atoms with Gasteiger partial charge in [0.15, 0.2) is 5.84 Å². The second kappa shape index (κ2) is 6.77. The summed E-state index contributed by atoms with van der Waals surface area (Å²) in [7, 11) is 3.30. The van der Waals surface area contributed by atoms with Crippen molar-refractivity contribution in [2.24, 2.45) is 10.9 Å². The van der Waals surface area contributed by atoms with Crippen LogP contribution in [0, 0.1) is 0 Å². The molecule has 1 rings (SSSR count). The smallest absolute Gasteiger partial charge is 0.190 e. The number of ether oxygens (including phenoxy) is 1. The van der Waals surface area contributed by atoms with Gasteiger partial charge in [0, 0.05) is 26.9 Å². The minimum Gasteiger partial charge on any atom is -0.409 e. The second-order valence-electron chi connectivity index (χ2n) is 3.85. The number of methoxy groups -OCH3 is 1. The first kappa shape index (κ1) is 14.2. The van der Waals surface area contributed by atoms with E-state index >= 15 is 0 Å². The van der Waals surface area contributed by atoms with E-state index in [-0.39, 0.29) is 12.4 Å². The van der Waals surface area contributed by atoms with Crippen LogP contribution in [0.25, 0.3) is 0 Å². The summed E-state index contributed by atoms with van der Waals surface area (Å²) in [6.07, 6.45) is 0.927. The van der Waals surface area contributed by atoms with Crippen molar-refractivity contribution < 1.29 is 15.1 Å². The van der Waals surface area contributed by atoms with E-state index in [2.05, 4.69) is 10.1 Å². The first-order valence-electron chi connectivity index (χ1n) is 5.41. The zero-order valence-corrected chi connectivity index (χ0v) is 10.4. The minimum absolute atomic E-state index is 0.0707. The molecule has 1 atom stereocenters. The van der Waals surface area contributed by atoms with Crippen LogP contribution in [0.1, 0.15) is 5.69 Å². The van der Waals surface area contributed by atoms with Gasteiger partial charge in [0.2, 0.25) is 0 Å². The van der Waals surface area contributed by atoms with Crippen molar-refractivity contribution in [3.8, 4) is 0 Å². The number of aliphatic hydroxyl groups is 1. The first-order chi connectivity index (χ1) is 8.60. The van der Waals surface area contributed by atoms with Crippen LogP contribution in [0.3, 0.4) is 0 Å². The van der Waals surface area contributed by atoms with Gasteiger partial charge < -0.3 is 25.7 Å². The molecular weight excluding hydrogens is 236 g/mol. The van der Waals surface area contributed by atoms with Gasteiger partial charge in [-0.15, -0.1) is 0 Å². The maximum atomic E-state index is 9.67. The van der Waals surface area contributed by atoms with E-state index in [1.165, 1.54) is 7.11 Å². The topological polar surface area (TPSA) is 104 Å². The fourth-order valence-corrected chi connectivity index (χ4v) is 1.61. The van der Waals surface area contributed by atoms with Crippen molar-refractivity contribution in [2.45, 2.75) is 6.10 Å². The Morgan fingerprint density at radius 2 is 2.39 bits per heavy atom. The molecule has 0 amide bonds. The highest BCUT2D eigenvalue weighted by Gasteiger charge is 2.14. The van der Waals surface area contributed by atoms with Gasteiger partial charge in [0.05, 0.1) is 18.4 Å². The number of oxime groups is 1. The number of nitrogens with two attached hydrogens (primary N) is 1. The maximum Gasteiger partial charge on any atom is 0.190 e. The summed E-state index contributed by atoms with van der Waals surface area (Å²) in [6, 6.07) is 3.52. The van der Waals surface area contributed by atoms with E-state index in [1.807, 2.05) is 0 Å². The molecule has 1 heterocycles. The monoisotopic (exact) mass is 254 g/mol. The molecule has 1 unspecified atom stereocenters. The number of pyridine rings is 1. The van der Waals surface area contributed by atoms with Crippen LogP contribution in [0.2, 0.25) is 0 Å². The molecule has 0 saturated heterocycles. The van der Waals surface area contributed by atoms with Gasteiger partial charge in [-0.2, -0.15) is 0 Å². The lowest BCUT2D eigenvalue weighted by Crippen LogP contribution is -2.33. The number of anilines is 1. The molecule has 0 spiro atoms. The summed E-state index contributed by atoms with van der Waals surface area (Å²) in [5.74, 6) is -0.0707. The number of aliphatic hydroxyl groups excluding tert-OH is 1. The number of likely N-dealkylation sites (N-methyl/N-ethyl adjacent to an activating group) is 1. The fraction of sp³-hybridized carbons (Fsp3) is 0.455. The quantitative estimate of drug-likeness (QED) is 0.277. The molecule has 4 N–H and O–H groups in total. The molecule has 0 bridgehead atoms. The molecule has 0 fully saturated rings. The Morgan fingerprint density at radius 3 is 3.00 bits per heavy atom. The van der Waals surface area contributed by atoms with Gasteiger partial charge in [-0.3, -0.25) is 4.98 Å². The van der Waals surface area contributed by atoms with Crippen molar-refractivity contribution in [1.82, 2.24) is 4.98 Å². The molecule has 100 valence electrons. The highest BCUT2D eigenvalue weighted by atomic mass is 16.5. The summed E-state index contributed by atoms with van der Waals surface area (Å²) in [6.45, 7) is 0.592. The number of amidine groups is 1. The lowest BCUT2D eigenvalue weighted by Gasteiger charge is -2.23. The average Bonchev–Trinajstić information content (AvgIpc) is 2.38. The summed E-state index contributed by atoms with van der Waals surface area (Å²) in [5.41, 5.74) is 6.58. The Kier molecular flexibility index (Phi) is 5.34. The van der Waals surface area contributed by atoms with E-state index in [1.54, 1.807) is 30.3 Å². The van der Waals surface area contributed by atoms with Crippen LogP contribution in [-0.2, 0) is 4.74 Å². The summed E-state index contributed by atoms with van der Waals surface area (Å²) < 4.78 is 4.86. The molecule has 7 heteroatoms.